The zero-order valence-corrected chi connectivity index (χ0v) is 14.9. The second-order valence-electron chi connectivity index (χ2n) is 5.45. The molecule has 0 radical (unpaired) electrons. The molecule has 0 amide bonds. The third-order valence-corrected chi connectivity index (χ3v) is 6.84. The lowest BCUT2D eigenvalue weighted by Crippen LogP contribution is -2.41. The fraction of sp³-hybridized carbons (Fsp3) is 0.333. The maximum absolute atomic E-state index is 12.4. The van der Waals surface area contributed by atoms with Gasteiger partial charge in [-0.15, -0.1) is 11.3 Å². The van der Waals surface area contributed by atoms with E-state index in [1.807, 2.05) is 17.5 Å². The van der Waals surface area contributed by atoms with Gasteiger partial charge in [-0.3, -0.25) is 0 Å². The van der Waals surface area contributed by atoms with Crippen LogP contribution in [0.5, 0.6) is 0 Å². The molecule has 3 rings (SSSR count). The molecule has 2 aromatic rings. The smallest absolute Gasteiger partial charge is 0.240 e. The zero-order chi connectivity index (χ0) is 15.8. The molecule has 1 aliphatic rings. The first-order valence-corrected chi connectivity index (χ1v) is 10.1. The Hall–Kier alpha value is -0.730. The Morgan fingerprint density at radius 3 is 2.50 bits per heavy atom. The van der Waals surface area contributed by atoms with Gasteiger partial charge in [0, 0.05) is 15.9 Å². The summed E-state index contributed by atoms with van der Waals surface area (Å²) in [6.45, 7) is -0.00340. The van der Waals surface area contributed by atoms with E-state index in [0.717, 1.165) is 22.2 Å². The fourth-order valence-electron chi connectivity index (χ4n) is 2.42. The summed E-state index contributed by atoms with van der Waals surface area (Å²) in [5, 5.41) is 12.8. The molecule has 7 heteroatoms. The van der Waals surface area contributed by atoms with Gasteiger partial charge >= 0.3 is 0 Å². The van der Waals surface area contributed by atoms with E-state index in [1.54, 1.807) is 12.1 Å². The summed E-state index contributed by atoms with van der Waals surface area (Å²) in [4.78, 5) is 1.01. The molecule has 118 valence electrons. The Balaban J connectivity index is 1.79. The fourth-order valence-corrected chi connectivity index (χ4v) is 4.66. The van der Waals surface area contributed by atoms with Crippen molar-refractivity contribution < 1.29 is 13.5 Å². The molecule has 1 aromatic carbocycles. The minimum atomic E-state index is -3.63. The molecule has 1 aliphatic carbocycles. The molecule has 2 N–H and O–H groups in total. The van der Waals surface area contributed by atoms with Crippen molar-refractivity contribution in [3.05, 3.63) is 51.1 Å². The van der Waals surface area contributed by atoms with Gasteiger partial charge in [0.2, 0.25) is 10.0 Å². The zero-order valence-electron chi connectivity index (χ0n) is 11.7. The van der Waals surface area contributed by atoms with Gasteiger partial charge < -0.3 is 5.11 Å². The van der Waals surface area contributed by atoms with Crippen LogP contribution in [0.25, 0.3) is 0 Å². The van der Waals surface area contributed by atoms with Crippen LogP contribution in [0, 0.1) is 5.92 Å². The van der Waals surface area contributed by atoms with Crippen LogP contribution < -0.4 is 4.72 Å². The van der Waals surface area contributed by atoms with Gasteiger partial charge in [0.25, 0.3) is 0 Å². The molecule has 0 spiro atoms. The van der Waals surface area contributed by atoms with Crippen molar-refractivity contribution in [3.8, 4) is 0 Å². The van der Waals surface area contributed by atoms with Gasteiger partial charge in [-0.2, -0.15) is 0 Å². The summed E-state index contributed by atoms with van der Waals surface area (Å²) < 4.78 is 28.1. The summed E-state index contributed by atoms with van der Waals surface area (Å²) in [7, 11) is -3.63. The number of hydrogen-bond donors (Lipinski definition) is 2. The Morgan fingerprint density at radius 2 is 1.95 bits per heavy atom. The molecular weight excluding hydrogens is 386 g/mol. The van der Waals surface area contributed by atoms with Crippen LogP contribution >= 0.6 is 27.3 Å². The standard InChI is InChI=1S/C15H16BrNO3S2/c16-12-5-7-13(8-6-12)22(19,20)17-10-15(18,11-3-4-11)14-2-1-9-21-14/h1-2,5-9,11,17-18H,3-4,10H2. The van der Waals surface area contributed by atoms with Crippen molar-refractivity contribution in [2.75, 3.05) is 6.54 Å². The first-order valence-electron chi connectivity index (χ1n) is 6.93. The molecule has 1 unspecified atom stereocenters. The Kier molecular flexibility index (Phi) is 4.44. The van der Waals surface area contributed by atoms with Crippen LogP contribution in [0.2, 0.25) is 0 Å². The van der Waals surface area contributed by atoms with E-state index in [2.05, 4.69) is 20.7 Å². The summed E-state index contributed by atoms with van der Waals surface area (Å²) >= 11 is 4.74. The second kappa shape index (κ2) is 6.05. The number of sulfonamides is 1. The summed E-state index contributed by atoms with van der Waals surface area (Å²) in [5.74, 6) is 0.124. The number of aliphatic hydroxyl groups is 1. The third kappa shape index (κ3) is 3.28. The topological polar surface area (TPSA) is 66.4 Å². The first-order chi connectivity index (χ1) is 10.4. The highest BCUT2D eigenvalue weighted by molar-refractivity contribution is 9.10. The van der Waals surface area contributed by atoms with Crippen LogP contribution in [0.4, 0.5) is 0 Å². The van der Waals surface area contributed by atoms with Crippen LogP contribution in [0.3, 0.4) is 0 Å². The van der Waals surface area contributed by atoms with Crippen molar-refractivity contribution in [1.82, 2.24) is 4.72 Å². The lowest BCUT2D eigenvalue weighted by molar-refractivity contribution is 0.0222. The molecule has 1 atom stereocenters. The molecule has 0 saturated heterocycles. The van der Waals surface area contributed by atoms with Crippen molar-refractivity contribution in [2.45, 2.75) is 23.3 Å². The normalized spacial score (nSPS) is 18.1. The van der Waals surface area contributed by atoms with E-state index < -0.39 is 15.6 Å². The molecule has 1 fully saturated rings. The summed E-state index contributed by atoms with van der Waals surface area (Å²) in [5.41, 5.74) is -1.11. The number of nitrogens with one attached hydrogen (secondary N) is 1. The third-order valence-electron chi connectivity index (χ3n) is 3.86. The maximum Gasteiger partial charge on any atom is 0.240 e. The summed E-state index contributed by atoms with van der Waals surface area (Å²) in [6, 6.07) is 10.2. The van der Waals surface area contributed by atoms with Crippen LogP contribution in [0.15, 0.2) is 51.1 Å². The van der Waals surface area contributed by atoms with Gasteiger partial charge in [-0.05, 0) is 54.5 Å². The van der Waals surface area contributed by atoms with Gasteiger partial charge in [-0.25, -0.2) is 13.1 Å². The molecular formula is C15H16BrNO3S2. The quantitative estimate of drug-likeness (QED) is 0.781. The molecule has 1 saturated carbocycles. The second-order valence-corrected chi connectivity index (χ2v) is 9.08. The molecule has 1 aromatic heterocycles. The predicted molar refractivity (Wildman–Crippen MR) is 90.3 cm³/mol. The molecule has 4 nitrogen and oxygen atoms in total. The number of hydrogen-bond acceptors (Lipinski definition) is 4. The highest BCUT2D eigenvalue weighted by atomic mass is 79.9. The van der Waals surface area contributed by atoms with Crippen LogP contribution in [0.1, 0.15) is 17.7 Å². The van der Waals surface area contributed by atoms with E-state index in [4.69, 9.17) is 0 Å². The lowest BCUT2D eigenvalue weighted by Gasteiger charge is -2.27. The lowest BCUT2D eigenvalue weighted by atomic mass is 9.96. The minimum absolute atomic E-state index is 0.00340. The van der Waals surface area contributed by atoms with Gasteiger partial charge in [0.05, 0.1) is 4.90 Å². The Labute approximate surface area is 142 Å². The SMILES string of the molecule is O=S(=O)(NCC(O)(c1cccs1)C1CC1)c1ccc(Br)cc1. The molecule has 1 heterocycles. The predicted octanol–water partition coefficient (Wildman–Crippen LogP) is 3.09. The van der Waals surface area contributed by atoms with Gasteiger partial charge in [-0.1, -0.05) is 22.0 Å². The molecule has 22 heavy (non-hydrogen) atoms. The van der Waals surface area contributed by atoms with Crippen molar-refractivity contribution >= 4 is 37.3 Å². The Morgan fingerprint density at radius 1 is 1.27 bits per heavy atom. The maximum atomic E-state index is 12.4. The van der Waals surface area contributed by atoms with Crippen molar-refractivity contribution in [3.63, 3.8) is 0 Å². The van der Waals surface area contributed by atoms with E-state index >= 15 is 0 Å². The van der Waals surface area contributed by atoms with Crippen LogP contribution in [-0.4, -0.2) is 20.1 Å². The number of thiophene rings is 1. The average Bonchev–Trinajstić information content (AvgIpc) is 3.21. The average molecular weight is 402 g/mol. The van der Waals surface area contributed by atoms with Crippen molar-refractivity contribution in [2.24, 2.45) is 5.92 Å². The first kappa shape index (κ1) is 16.1. The minimum Gasteiger partial charge on any atom is -0.383 e. The van der Waals surface area contributed by atoms with Gasteiger partial charge in [0.15, 0.2) is 0 Å². The monoisotopic (exact) mass is 401 g/mol. The van der Waals surface area contributed by atoms with E-state index in [1.165, 1.54) is 23.5 Å². The van der Waals surface area contributed by atoms with Crippen LogP contribution in [-0.2, 0) is 15.6 Å². The van der Waals surface area contributed by atoms with E-state index in [0.29, 0.717) is 0 Å². The highest BCUT2D eigenvalue weighted by Gasteiger charge is 2.46. The van der Waals surface area contributed by atoms with E-state index in [9.17, 15) is 13.5 Å². The number of rotatable bonds is 6. The van der Waals surface area contributed by atoms with Crippen molar-refractivity contribution in [1.29, 1.82) is 0 Å². The number of halogens is 1. The highest BCUT2D eigenvalue weighted by Crippen LogP contribution is 2.46. The molecule has 0 bridgehead atoms. The number of benzene rings is 1. The van der Waals surface area contributed by atoms with Gasteiger partial charge in [0.1, 0.15) is 5.60 Å². The largest absolute Gasteiger partial charge is 0.383 e. The summed E-state index contributed by atoms with van der Waals surface area (Å²) in [6.07, 6.45) is 1.85. The van der Waals surface area contributed by atoms with E-state index in [-0.39, 0.29) is 17.4 Å². The molecule has 0 aliphatic heterocycles. The Bertz CT molecular complexity index is 740.